The second kappa shape index (κ2) is 12.5. The van der Waals surface area contributed by atoms with Crippen molar-refractivity contribution >= 4 is 40.9 Å². The van der Waals surface area contributed by atoms with Crippen LogP contribution in [0.1, 0.15) is 29.5 Å². The number of benzene rings is 3. The molecule has 0 fully saturated rings. The number of nitrogens with one attached hydrogen (secondary N) is 3. The number of rotatable bonds is 7. The van der Waals surface area contributed by atoms with E-state index >= 15 is 0 Å². The Morgan fingerprint density at radius 1 is 0.909 bits per heavy atom. The molecule has 1 atom stereocenters. The first-order valence-electron chi connectivity index (χ1n) is 13.5. The molecule has 12 heteroatoms. The van der Waals surface area contributed by atoms with Crippen molar-refractivity contribution in [2.75, 3.05) is 6.61 Å². The minimum atomic E-state index is -1.81. The van der Waals surface area contributed by atoms with Gasteiger partial charge in [-0.25, -0.2) is 19.8 Å². The maximum absolute atomic E-state index is 13.1. The number of para-hydroxylation sites is 1. The van der Waals surface area contributed by atoms with E-state index in [0.717, 1.165) is 22.3 Å². The Bertz CT molecular complexity index is 1770. The van der Waals surface area contributed by atoms with Gasteiger partial charge in [0.15, 0.2) is 0 Å². The van der Waals surface area contributed by atoms with Crippen molar-refractivity contribution in [3.63, 3.8) is 0 Å². The second-order valence-electron chi connectivity index (χ2n) is 10.1. The summed E-state index contributed by atoms with van der Waals surface area (Å²) in [5.41, 5.74) is 9.34. The van der Waals surface area contributed by atoms with E-state index in [1.54, 1.807) is 24.3 Å². The zero-order valence-electron chi connectivity index (χ0n) is 23.5. The predicted molar refractivity (Wildman–Crippen MR) is 158 cm³/mol. The number of amides is 3. The number of hydrogen-bond donors (Lipinski definition) is 4. The van der Waals surface area contributed by atoms with Gasteiger partial charge in [0.25, 0.3) is 5.91 Å². The van der Waals surface area contributed by atoms with Crippen molar-refractivity contribution in [3.05, 3.63) is 108 Å². The van der Waals surface area contributed by atoms with Gasteiger partial charge >= 0.3 is 24.1 Å². The van der Waals surface area contributed by atoms with Crippen LogP contribution in [0.3, 0.4) is 0 Å². The summed E-state index contributed by atoms with van der Waals surface area (Å²) in [6.07, 6.45) is -0.511. The molecule has 0 unspecified atom stereocenters. The van der Waals surface area contributed by atoms with E-state index in [-0.39, 0.29) is 24.7 Å². The van der Waals surface area contributed by atoms with Gasteiger partial charge in [-0.2, -0.15) is 0 Å². The molecule has 1 aliphatic carbocycles. The molecule has 44 heavy (non-hydrogen) atoms. The summed E-state index contributed by atoms with van der Waals surface area (Å²) in [4.78, 5) is 61.6. The van der Waals surface area contributed by atoms with E-state index in [1.807, 2.05) is 48.5 Å². The zero-order valence-corrected chi connectivity index (χ0v) is 23.5. The fraction of sp³-hybridized carbons (Fsp3) is 0.156. The highest BCUT2D eigenvalue weighted by Crippen LogP contribution is 2.44. The SMILES string of the molecule is C=C(C)OC(=O)n1cc(C[C@@H](NC(=O)C(=O)O)C(=O)NNC(=O)OCC2c3ccccc3-c3ccccc32)c2ccccc21. The summed E-state index contributed by atoms with van der Waals surface area (Å²) >= 11 is 0. The number of carboxylic acid groups (broad SMARTS) is 1. The van der Waals surface area contributed by atoms with Gasteiger partial charge in [0.2, 0.25) is 0 Å². The van der Waals surface area contributed by atoms with Gasteiger partial charge in [-0.15, -0.1) is 0 Å². The summed E-state index contributed by atoms with van der Waals surface area (Å²) in [6, 6.07) is 20.9. The molecular formula is C32H28N4O8. The number of carboxylic acids is 1. The molecule has 3 aromatic carbocycles. The van der Waals surface area contributed by atoms with Crippen molar-refractivity contribution in [3.8, 4) is 11.1 Å². The fourth-order valence-electron chi connectivity index (χ4n) is 5.25. The van der Waals surface area contributed by atoms with Crippen LogP contribution in [0.5, 0.6) is 0 Å². The lowest BCUT2D eigenvalue weighted by atomic mass is 9.98. The first-order chi connectivity index (χ1) is 21.1. The van der Waals surface area contributed by atoms with Gasteiger partial charge in [-0.3, -0.25) is 19.6 Å². The number of hydrazine groups is 1. The van der Waals surface area contributed by atoms with Gasteiger partial charge in [0.05, 0.1) is 11.3 Å². The third kappa shape index (κ3) is 6.14. The molecule has 0 spiro atoms. The van der Waals surface area contributed by atoms with Crippen LogP contribution in [-0.2, 0) is 30.3 Å². The molecule has 0 saturated carbocycles. The van der Waals surface area contributed by atoms with Gasteiger partial charge in [-0.1, -0.05) is 73.3 Å². The largest absolute Gasteiger partial charge is 0.474 e. The summed E-state index contributed by atoms with van der Waals surface area (Å²) in [7, 11) is 0. The first kappa shape index (κ1) is 29.6. The molecule has 3 amide bonds. The van der Waals surface area contributed by atoms with Crippen molar-refractivity contribution in [1.29, 1.82) is 0 Å². The Morgan fingerprint density at radius 2 is 1.52 bits per heavy atom. The molecule has 5 rings (SSSR count). The van der Waals surface area contributed by atoms with Crippen LogP contribution in [0.2, 0.25) is 0 Å². The van der Waals surface area contributed by atoms with Crippen LogP contribution in [0, 0.1) is 0 Å². The van der Waals surface area contributed by atoms with Crippen LogP contribution >= 0.6 is 0 Å². The van der Waals surface area contributed by atoms with E-state index in [4.69, 9.17) is 14.6 Å². The quantitative estimate of drug-likeness (QED) is 0.142. The Hall–Kier alpha value is -5.91. The van der Waals surface area contributed by atoms with Crippen molar-refractivity contribution in [1.82, 2.24) is 20.7 Å². The number of hydrogen-bond acceptors (Lipinski definition) is 7. The molecule has 224 valence electrons. The molecule has 4 N–H and O–H groups in total. The number of aromatic nitrogens is 1. The maximum atomic E-state index is 13.1. The molecule has 12 nitrogen and oxygen atoms in total. The Morgan fingerprint density at radius 3 is 2.16 bits per heavy atom. The van der Waals surface area contributed by atoms with Gasteiger partial charge in [0.1, 0.15) is 12.6 Å². The number of carbonyl (C=O) groups is 5. The lowest BCUT2D eigenvalue weighted by Crippen LogP contribution is -2.54. The van der Waals surface area contributed by atoms with Crippen LogP contribution in [0.15, 0.2) is 91.3 Å². The molecular weight excluding hydrogens is 568 g/mol. The molecule has 0 aliphatic heterocycles. The molecule has 0 bridgehead atoms. The van der Waals surface area contributed by atoms with Crippen molar-refractivity contribution < 1.29 is 38.6 Å². The highest BCUT2D eigenvalue weighted by atomic mass is 16.6. The third-order valence-electron chi connectivity index (χ3n) is 7.12. The smallest absolute Gasteiger partial charge is 0.426 e. The van der Waals surface area contributed by atoms with E-state index < -0.39 is 36.0 Å². The van der Waals surface area contributed by atoms with Gasteiger partial charge < -0.3 is 19.9 Å². The van der Waals surface area contributed by atoms with Crippen LogP contribution < -0.4 is 16.2 Å². The molecule has 1 aromatic heterocycles. The lowest BCUT2D eigenvalue weighted by Gasteiger charge is -2.18. The highest BCUT2D eigenvalue weighted by molar-refractivity contribution is 6.32. The van der Waals surface area contributed by atoms with E-state index in [0.29, 0.717) is 16.5 Å². The monoisotopic (exact) mass is 596 g/mol. The topological polar surface area (TPSA) is 165 Å². The maximum Gasteiger partial charge on any atom is 0.426 e. The molecule has 4 aromatic rings. The van der Waals surface area contributed by atoms with Gasteiger partial charge in [-0.05, 0) is 40.8 Å². The molecule has 0 saturated heterocycles. The van der Waals surface area contributed by atoms with Crippen LogP contribution in [-0.4, -0.2) is 52.3 Å². The average Bonchev–Trinajstić information content (AvgIpc) is 3.54. The summed E-state index contributed by atoms with van der Waals surface area (Å²) in [5, 5.41) is 11.8. The first-order valence-corrected chi connectivity index (χ1v) is 13.5. The molecule has 1 aliphatic rings. The van der Waals surface area contributed by atoms with Crippen LogP contribution in [0.25, 0.3) is 22.0 Å². The molecule has 0 radical (unpaired) electrons. The number of carbonyl (C=O) groups excluding carboxylic acids is 4. The Kier molecular flexibility index (Phi) is 8.42. The summed E-state index contributed by atoms with van der Waals surface area (Å²) in [5.74, 6) is -4.20. The minimum absolute atomic E-state index is 0.00526. The van der Waals surface area contributed by atoms with Gasteiger partial charge in [0, 0.05) is 23.9 Å². The lowest BCUT2D eigenvalue weighted by molar-refractivity contribution is -0.151. The predicted octanol–water partition coefficient (Wildman–Crippen LogP) is 3.84. The fourth-order valence-corrected chi connectivity index (χ4v) is 5.25. The number of ether oxygens (including phenoxy) is 2. The van der Waals surface area contributed by atoms with Crippen molar-refractivity contribution in [2.24, 2.45) is 0 Å². The number of aliphatic carboxylic acids is 1. The second-order valence-corrected chi connectivity index (χ2v) is 10.1. The van der Waals surface area contributed by atoms with Crippen molar-refractivity contribution in [2.45, 2.75) is 25.3 Å². The van der Waals surface area contributed by atoms with E-state index in [9.17, 15) is 24.0 Å². The van der Waals surface area contributed by atoms with E-state index in [1.165, 1.54) is 17.7 Å². The van der Waals surface area contributed by atoms with E-state index in [2.05, 4.69) is 22.7 Å². The number of allylic oxidation sites excluding steroid dienone is 1. The van der Waals surface area contributed by atoms with Crippen LogP contribution in [0.4, 0.5) is 9.59 Å². The minimum Gasteiger partial charge on any atom is -0.474 e. The Labute approximate surface area is 251 Å². The number of nitrogens with zero attached hydrogens (tertiary/aromatic N) is 1. The average molecular weight is 597 g/mol. The summed E-state index contributed by atoms with van der Waals surface area (Å²) in [6.45, 7) is 5.07. The zero-order chi connectivity index (χ0) is 31.4. The highest BCUT2D eigenvalue weighted by Gasteiger charge is 2.30. The standard InChI is InChI=1S/C32H28N4O8/c1-18(2)44-32(42)36-16-19(20-9-7-8-14-27(20)36)15-26(33-29(38)30(39)40)28(37)34-35-31(41)43-17-25-23-12-5-3-10-21(23)22-11-4-6-13-24(22)25/h3-14,16,25-26H,1,15,17H2,2H3,(H,33,38)(H,34,37)(H,35,41)(H,39,40)/t26-/m1/s1. The normalized spacial score (nSPS) is 12.4. The third-order valence-corrected chi connectivity index (χ3v) is 7.12. The summed E-state index contributed by atoms with van der Waals surface area (Å²) < 4.78 is 11.7. The number of fused-ring (bicyclic) bond motifs is 4. The molecule has 1 heterocycles. The Balaban J connectivity index is 1.28.